The van der Waals surface area contributed by atoms with E-state index in [-0.39, 0.29) is 12.5 Å². The highest BCUT2D eigenvalue weighted by molar-refractivity contribution is 9.10. The monoisotopic (exact) mass is 382 g/mol. The third kappa shape index (κ3) is 3.85. The largest absolute Gasteiger partial charge is 0.396 e. The van der Waals surface area contributed by atoms with E-state index in [2.05, 4.69) is 20.7 Å². The van der Waals surface area contributed by atoms with Gasteiger partial charge in [-0.1, -0.05) is 27.5 Å². The number of anilines is 1. The summed E-state index contributed by atoms with van der Waals surface area (Å²) in [7, 11) is -3.64. The molecule has 0 aliphatic carbocycles. The lowest BCUT2D eigenvalue weighted by Gasteiger charge is -2.31. The van der Waals surface area contributed by atoms with Gasteiger partial charge in [-0.2, -0.15) is 12.7 Å². The Labute approximate surface area is 132 Å². The molecule has 0 aromatic heterocycles. The van der Waals surface area contributed by atoms with E-state index in [1.165, 1.54) is 4.31 Å². The Morgan fingerprint density at radius 1 is 1.50 bits per heavy atom. The molecule has 0 radical (unpaired) electrons. The van der Waals surface area contributed by atoms with Gasteiger partial charge in [-0.25, -0.2) is 0 Å². The molecule has 1 fully saturated rings. The van der Waals surface area contributed by atoms with E-state index in [9.17, 15) is 13.5 Å². The van der Waals surface area contributed by atoms with Gasteiger partial charge in [0.2, 0.25) is 0 Å². The van der Waals surface area contributed by atoms with Crippen LogP contribution in [0.3, 0.4) is 0 Å². The van der Waals surface area contributed by atoms with Gasteiger partial charge in [0.05, 0.1) is 10.7 Å². The normalized spacial score (nSPS) is 20.9. The summed E-state index contributed by atoms with van der Waals surface area (Å²) in [6.07, 6.45) is 1.60. The van der Waals surface area contributed by atoms with E-state index in [1.54, 1.807) is 18.2 Å². The lowest BCUT2D eigenvalue weighted by molar-refractivity contribution is 0.166. The first kappa shape index (κ1) is 16.0. The molecular weight excluding hydrogens is 368 g/mol. The third-order valence-corrected chi connectivity index (χ3v) is 5.55. The molecule has 1 aromatic carbocycles. The van der Waals surface area contributed by atoms with E-state index in [1.807, 2.05) is 0 Å². The minimum Gasteiger partial charge on any atom is -0.396 e. The van der Waals surface area contributed by atoms with Crippen molar-refractivity contribution in [3.63, 3.8) is 0 Å². The van der Waals surface area contributed by atoms with Crippen molar-refractivity contribution >= 4 is 43.4 Å². The summed E-state index contributed by atoms with van der Waals surface area (Å²) in [5, 5.41) is 9.50. The highest BCUT2D eigenvalue weighted by Gasteiger charge is 2.28. The van der Waals surface area contributed by atoms with Gasteiger partial charge in [-0.05, 0) is 37.0 Å². The number of nitrogens with zero attached hydrogens (tertiary/aromatic N) is 1. The predicted molar refractivity (Wildman–Crippen MR) is 83.1 cm³/mol. The molecule has 112 valence electrons. The third-order valence-electron chi connectivity index (χ3n) is 3.25. The van der Waals surface area contributed by atoms with Crippen LogP contribution in [0.2, 0.25) is 5.02 Å². The van der Waals surface area contributed by atoms with Gasteiger partial charge in [-0.3, -0.25) is 4.72 Å². The van der Waals surface area contributed by atoms with Gasteiger partial charge in [0.15, 0.2) is 0 Å². The fourth-order valence-electron chi connectivity index (χ4n) is 2.17. The number of hydrogen-bond donors (Lipinski definition) is 2. The average molecular weight is 384 g/mol. The average Bonchev–Trinajstić information content (AvgIpc) is 2.42. The summed E-state index contributed by atoms with van der Waals surface area (Å²) in [5.74, 6) is 0.000662. The number of aliphatic hydroxyl groups excluding tert-OH is 1. The molecule has 0 bridgehead atoms. The van der Waals surface area contributed by atoms with Crippen LogP contribution < -0.4 is 4.72 Å². The van der Waals surface area contributed by atoms with Crippen molar-refractivity contribution in [3.8, 4) is 0 Å². The zero-order chi connectivity index (χ0) is 14.8. The van der Waals surface area contributed by atoms with E-state index >= 15 is 0 Å². The maximum atomic E-state index is 12.3. The topological polar surface area (TPSA) is 69.6 Å². The van der Waals surface area contributed by atoms with Gasteiger partial charge >= 0.3 is 10.2 Å². The standard InChI is InChI=1S/C12H16BrClN2O3S/c13-10-3-4-12(11(14)6-10)15-20(18,19)16-5-1-2-9(7-16)8-17/h3-4,6,9,15,17H,1-2,5,7-8H2. The molecule has 1 unspecified atom stereocenters. The number of rotatable bonds is 4. The van der Waals surface area contributed by atoms with Crippen LogP contribution >= 0.6 is 27.5 Å². The van der Waals surface area contributed by atoms with Crippen molar-refractivity contribution in [2.45, 2.75) is 12.8 Å². The van der Waals surface area contributed by atoms with Crippen LogP contribution in [0.15, 0.2) is 22.7 Å². The molecule has 2 N–H and O–H groups in total. The molecule has 20 heavy (non-hydrogen) atoms. The van der Waals surface area contributed by atoms with E-state index in [0.717, 1.165) is 17.3 Å². The van der Waals surface area contributed by atoms with Gasteiger partial charge < -0.3 is 5.11 Å². The number of hydrogen-bond acceptors (Lipinski definition) is 3. The van der Waals surface area contributed by atoms with Crippen molar-refractivity contribution in [2.24, 2.45) is 5.92 Å². The van der Waals surface area contributed by atoms with E-state index < -0.39 is 10.2 Å². The summed E-state index contributed by atoms with van der Waals surface area (Å²) in [6.45, 7) is 0.797. The van der Waals surface area contributed by atoms with Crippen LogP contribution in [0, 0.1) is 5.92 Å². The van der Waals surface area contributed by atoms with Crippen molar-refractivity contribution < 1.29 is 13.5 Å². The van der Waals surface area contributed by atoms with Crippen molar-refractivity contribution in [1.29, 1.82) is 0 Å². The van der Waals surface area contributed by atoms with Crippen molar-refractivity contribution in [1.82, 2.24) is 4.31 Å². The minimum atomic E-state index is -3.64. The van der Waals surface area contributed by atoms with Gasteiger partial charge in [-0.15, -0.1) is 0 Å². The molecule has 1 saturated heterocycles. The Bertz CT molecular complexity index is 582. The minimum absolute atomic E-state index is 0.000662. The molecule has 0 saturated carbocycles. The van der Waals surface area contributed by atoms with Gasteiger partial charge in [0.25, 0.3) is 0 Å². The fourth-order valence-corrected chi connectivity index (χ4v) is 4.31. The highest BCUT2D eigenvalue weighted by atomic mass is 79.9. The first-order chi connectivity index (χ1) is 9.42. The summed E-state index contributed by atoms with van der Waals surface area (Å²) in [4.78, 5) is 0. The molecular formula is C12H16BrClN2O3S. The fraction of sp³-hybridized carbons (Fsp3) is 0.500. The molecule has 1 aliphatic rings. The molecule has 0 amide bonds. The van der Waals surface area contributed by atoms with Crippen LogP contribution in [-0.2, 0) is 10.2 Å². The van der Waals surface area contributed by atoms with Crippen LogP contribution in [0.5, 0.6) is 0 Å². The highest BCUT2D eigenvalue weighted by Crippen LogP contribution is 2.28. The molecule has 0 spiro atoms. The Hall–Kier alpha value is -0.340. The zero-order valence-electron chi connectivity index (χ0n) is 10.7. The molecule has 1 heterocycles. The Kier molecular flexibility index (Phi) is 5.30. The Balaban J connectivity index is 2.14. The smallest absolute Gasteiger partial charge is 0.301 e. The first-order valence-corrected chi connectivity index (χ1v) is 8.87. The molecule has 1 aromatic rings. The second-order valence-electron chi connectivity index (χ2n) is 4.78. The van der Waals surface area contributed by atoms with Crippen LogP contribution in [-0.4, -0.2) is 37.5 Å². The Morgan fingerprint density at radius 3 is 2.90 bits per heavy atom. The van der Waals surface area contributed by atoms with Crippen LogP contribution in [0.1, 0.15) is 12.8 Å². The summed E-state index contributed by atoms with van der Waals surface area (Å²) in [6, 6.07) is 4.96. The molecule has 5 nitrogen and oxygen atoms in total. The summed E-state index contributed by atoms with van der Waals surface area (Å²) < 4.78 is 29.3. The number of benzene rings is 1. The maximum absolute atomic E-state index is 12.3. The first-order valence-electron chi connectivity index (χ1n) is 6.26. The lowest BCUT2D eigenvalue weighted by atomic mass is 10.0. The van der Waals surface area contributed by atoms with Crippen molar-refractivity contribution in [2.75, 3.05) is 24.4 Å². The quantitative estimate of drug-likeness (QED) is 0.839. The molecule has 8 heteroatoms. The Morgan fingerprint density at radius 2 is 2.25 bits per heavy atom. The molecule has 1 atom stereocenters. The second-order valence-corrected chi connectivity index (χ2v) is 7.77. The summed E-state index contributed by atoms with van der Waals surface area (Å²) >= 11 is 9.28. The van der Waals surface area contributed by atoms with Crippen LogP contribution in [0.25, 0.3) is 0 Å². The van der Waals surface area contributed by atoms with E-state index in [0.29, 0.717) is 23.8 Å². The second kappa shape index (κ2) is 6.62. The number of nitrogens with one attached hydrogen (secondary N) is 1. The van der Waals surface area contributed by atoms with Gasteiger partial charge in [0, 0.05) is 24.2 Å². The maximum Gasteiger partial charge on any atom is 0.301 e. The molecule has 2 rings (SSSR count). The predicted octanol–water partition coefficient (Wildman–Crippen LogP) is 2.46. The zero-order valence-corrected chi connectivity index (χ0v) is 13.9. The number of aliphatic hydroxyl groups is 1. The van der Waals surface area contributed by atoms with Gasteiger partial charge in [0.1, 0.15) is 0 Å². The summed E-state index contributed by atoms with van der Waals surface area (Å²) in [5.41, 5.74) is 0.348. The number of piperidine rings is 1. The van der Waals surface area contributed by atoms with Crippen LogP contribution in [0.4, 0.5) is 5.69 Å². The SMILES string of the molecule is O=S(=O)(Nc1ccc(Br)cc1Cl)N1CCCC(CO)C1. The molecule has 1 aliphatic heterocycles. The van der Waals surface area contributed by atoms with Crippen molar-refractivity contribution in [3.05, 3.63) is 27.7 Å². The lowest BCUT2D eigenvalue weighted by Crippen LogP contribution is -2.43. The van der Waals surface area contributed by atoms with E-state index in [4.69, 9.17) is 11.6 Å². The number of halogens is 2.